The minimum atomic E-state index is -0.689. The summed E-state index contributed by atoms with van der Waals surface area (Å²) >= 11 is 0. The standard InChI is InChI=1S/C16H14N4O5/c21-14-9-17-15-10(6-11(20(23)24)7-13(15)19-14)8-18-16(22)25-12-4-2-1-3-5-12/h1-7,17H,8-9H2,(H,18,22)(H,19,21). The number of hydrogen-bond donors (Lipinski definition) is 3. The quantitative estimate of drug-likeness (QED) is 0.578. The number of hydrogen-bond acceptors (Lipinski definition) is 6. The number of nitrogens with one attached hydrogen (secondary N) is 3. The van der Waals surface area contributed by atoms with Gasteiger partial charge in [-0.15, -0.1) is 0 Å². The maximum absolute atomic E-state index is 11.9. The molecule has 0 atom stereocenters. The zero-order chi connectivity index (χ0) is 17.8. The van der Waals surface area contributed by atoms with Crippen molar-refractivity contribution in [1.82, 2.24) is 5.32 Å². The van der Waals surface area contributed by atoms with Gasteiger partial charge in [-0.1, -0.05) is 18.2 Å². The van der Waals surface area contributed by atoms with Crippen LogP contribution in [0.1, 0.15) is 5.56 Å². The van der Waals surface area contributed by atoms with E-state index in [0.717, 1.165) is 0 Å². The minimum absolute atomic E-state index is 0.00144. The van der Waals surface area contributed by atoms with E-state index in [1.807, 2.05) is 0 Å². The Bertz CT molecular complexity index is 838. The highest BCUT2D eigenvalue weighted by atomic mass is 16.6. The number of nitro groups is 1. The molecule has 2 aromatic rings. The zero-order valence-corrected chi connectivity index (χ0v) is 12.9. The Hall–Kier alpha value is -3.62. The predicted molar refractivity (Wildman–Crippen MR) is 89.5 cm³/mol. The highest BCUT2D eigenvalue weighted by Gasteiger charge is 2.22. The highest BCUT2D eigenvalue weighted by molar-refractivity contribution is 6.01. The molecular weight excluding hydrogens is 328 g/mol. The summed E-state index contributed by atoms with van der Waals surface area (Å²) in [6, 6.07) is 11.1. The second-order valence-corrected chi connectivity index (χ2v) is 5.24. The molecule has 9 nitrogen and oxygen atoms in total. The zero-order valence-electron chi connectivity index (χ0n) is 12.9. The second kappa shape index (κ2) is 6.87. The molecular formula is C16H14N4O5. The van der Waals surface area contributed by atoms with Gasteiger partial charge in [0.15, 0.2) is 0 Å². The van der Waals surface area contributed by atoms with Crippen LogP contribution in [0.4, 0.5) is 21.9 Å². The first-order valence-corrected chi connectivity index (χ1v) is 7.38. The molecule has 3 rings (SSSR count). The summed E-state index contributed by atoms with van der Waals surface area (Å²) in [7, 11) is 0. The topological polar surface area (TPSA) is 123 Å². The number of rotatable bonds is 4. The lowest BCUT2D eigenvalue weighted by Crippen LogP contribution is -2.30. The van der Waals surface area contributed by atoms with Crippen molar-refractivity contribution in [1.29, 1.82) is 0 Å². The fourth-order valence-electron chi connectivity index (χ4n) is 2.40. The molecule has 0 bridgehead atoms. The van der Waals surface area contributed by atoms with Gasteiger partial charge in [-0.05, 0) is 12.1 Å². The van der Waals surface area contributed by atoms with Crippen molar-refractivity contribution in [2.24, 2.45) is 0 Å². The lowest BCUT2D eigenvalue weighted by molar-refractivity contribution is -0.384. The van der Waals surface area contributed by atoms with Crippen LogP contribution in [0.3, 0.4) is 0 Å². The monoisotopic (exact) mass is 342 g/mol. The molecule has 2 amide bonds. The molecule has 0 saturated heterocycles. The van der Waals surface area contributed by atoms with Crippen LogP contribution in [0.5, 0.6) is 5.75 Å². The summed E-state index contributed by atoms with van der Waals surface area (Å²) in [6.45, 7) is 0.0465. The van der Waals surface area contributed by atoms with E-state index in [9.17, 15) is 19.7 Å². The van der Waals surface area contributed by atoms with Crippen LogP contribution < -0.4 is 20.7 Å². The number of nitrogens with zero attached hydrogens (tertiary/aromatic N) is 1. The normalized spacial score (nSPS) is 12.4. The van der Waals surface area contributed by atoms with Gasteiger partial charge in [-0.2, -0.15) is 0 Å². The number of ether oxygens (including phenoxy) is 1. The van der Waals surface area contributed by atoms with Gasteiger partial charge in [0, 0.05) is 24.2 Å². The molecule has 25 heavy (non-hydrogen) atoms. The Labute approximate surface area is 142 Å². The molecule has 0 radical (unpaired) electrons. The van der Waals surface area contributed by atoms with Crippen molar-refractivity contribution < 1.29 is 19.2 Å². The van der Waals surface area contributed by atoms with E-state index in [4.69, 9.17) is 4.74 Å². The van der Waals surface area contributed by atoms with Crippen LogP contribution in [-0.4, -0.2) is 23.5 Å². The Balaban J connectivity index is 1.76. The van der Waals surface area contributed by atoms with Crippen LogP contribution in [-0.2, 0) is 11.3 Å². The Kier molecular flexibility index (Phi) is 4.46. The van der Waals surface area contributed by atoms with E-state index < -0.39 is 11.0 Å². The Morgan fingerprint density at radius 1 is 1.28 bits per heavy atom. The summed E-state index contributed by atoms with van der Waals surface area (Å²) < 4.78 is 5.10. The van der Waals surface area contributed by atoms with E-state index in [2.05, 4.69) is 16.0 Å². The fraction of sp³-hybridized carbons (Fsp3) is 0.125. The van der Waals surface area contributed by atoms with Crippen molar-refractivity contribution in [2.75, 3.05) is 17.2 Å². The molecule has 0 fully saturated rings. The molecule has 0 aliphatic carbocycles. The van der Waals surface area contributed by atoms with E-state index in [0.29, 0.717) is 22.7 Å². The van der Waals surface area contributed by atoms with Crippen molar-refractivity contribution in [3.8, 4) is 5.75 Å². The van der Waals surface area contributed by atoms with Gasteiger partial charge in [-0.3, -0.25) is 14.9 Å². The fourth-order valence-corrected chi connectivity index (χ4v) is 2.40. The Morgan fingerprint density at radius 2 is 2.04 bits per heavy atom. The average Bonchev–Trinajstić information content (AvgIpc) is 2.59. The number of carbonyl (C=O) groups excluding carboxylic acids is 2. The summed E-state index contributed by atoms with van der Waals surface area (Å²) in [5.74, 6) is 0.0850. The summed E-state index contributed by atoms with van der Waals surface area (Å²) in [5.41, 5.74) is 1.12. The van der Waals surface area contributed by atoms with Gasteiger partial charge in [0.25, 0.3) is 5.69 Å². The number of non-ortho nitro benzene ring substituents is 1. The maximum Gasteiger partial charge on any atom is 0.412 e. The summed E-state index contributed by atoms with van der Waals surface area (Å²) in [5, 5.41) is 19.1. The number of benzene rings is 2. The first kappa shape index (κ1) is 16.2. The molecule has 0 saturated carbocycles. The van der Waals surface area contributed by atoms with Crippen LogP contribution in [0.15, 0.2) is 42.5 Å². The number of amides is 2. The first-order chi connectivity index (χ1) is 12.0. The SMILES string of the molecule is O=C1CNc2c(CNC(=O)Oc3ccccc3)cc([N+](=O)[O-])cc2N1. The van der Waals surface area contributed by atoms with Gasteiger partial charge in [0.05, 0.1) is 22.8 Å². The van der Waals surface area contributed by atoms with Crippen LogP contribution >= 0.6 is 0 Å². The molecule has 0 aromatic heterocycles. The number of fused-ring (bicyclic) bond motifs is 1. The van der Waals surface area contributed by atoms with Crippen molar-refractivity contribution in [2.45, 2.75) is 6.54 Å². The first-order valence-electron chi connectivity index (χ1n) is 7.38. The molecule has 1 aliphatic rings. The Morgan fingerprint density at radius 3 is 2.76 bits per heavy atom. The third-order valence-electron chi connectivity index (χ3n) is 3.49. The van der Waals surface area contributed by atoms with Gasteiger partial charge >= 0.3 is 6.09 Å². The third kappa shape index (κ3) is 3.83. The molecule has 128 valence electrons. The number of carbonyl (C=O) groups is 2. The summed E-state index contributed by atoms with van der Waals surface area (Å²) in [6.07, 6.45) is -0.689. The molecule has 3 N–H and O–H groups in total. The van der Waals surface area contributed by atoms with E-state index >= 15 is 0 Å². The molecule has 0 spiro atoms. The van der Waals surface area contributed by atoms with E-state index in [1.165, 1.54) is 12.1 Å². The molecule has 0 unspecified atom stereocenters. The van der Waals surface area contributed by atoms with Crippen molar-refractivity contribution in [3.05, 3.63) is 58.1 Å². The van der Waals surface area contributed by atoms with E-state index in [-0.39, 0.29) is 24.7 Å². The largest absolute Gasteiger partial charge is 0.412 e. The van der Waals surface area contributed by atoms with Crippen molar-refractivity contribution in [3.63, 3.8) is 0 Å². The minimum Gasteiger partial charge on any atom is -0.410 e. The lowest BCUT2D eigenvalue weighted by atomic mass is 10.1. The smallest absolute Gasteiger partial charge is 0.410 e. The molecule has 1 heterocycles. The lowest BCUT2D eigenvalue weighted by Gasteiger charge is -2.21. The summed E-state index contributed by atoms with van der Waals surface area (Å²) in [4.78, 5) is 33.8. The van der Waals surface area contributed by atoms with Gasteiger partial charge in [0.2, 0.25) is 5.91 Å². The van der Waals surface area contributed by atoms with Crippen LogP contribution in [0.2, 0.25) is 0 Å². The highest BCUT2D eigenvalue weighted by Crippen LogP contribution is 2.33. The number of para-hydroxylation sites is 1. The van der Waals surface area contributed by atoms with Crippen molar-refractivity contribution >= 4 is 29.1 Å². The van der Waals surface area contributed by atoms with Gasteiger partial charge in [0.1, 0.15) is 5.75 Å². The van der Waals surface area contributed by atoms with Crippen LogP contribution in [0.25, 0.3) is 0 Å². The molecule has 9 heteroatoms. The number of anilines is 2. The average molecular weight is 342 g/mol. The maximum atomic E-state index is 11.9. The van der Waals surface area contributed by atoms with Gasteiger partial charge < -0.3 is 20.7 Å². The van der Waals surface area contributed by atoms with Crippen LogP contribution in [0, 0.1) is 10.1 Å². The molecule has 2 aromatic carbocycles. The number of nitro benzene ring substituents is 1. The predicted octanol–water partition coefficient (Wildman–Crippen LogP) is 2.25. The van der Waals surface area contributed by atoms with Gasteiger partial charge in [-0.25, -0.2) is 4.79 Å². The third-order valence-corrected chi connectivity index (χ3v) is 3.49. The molecule has 1 aliphatic heterocycles. The van der Waals surface area contributed by atoms with E-state index in [1.54, 1.807) is 30.3 Å². The second-order valence-electron chi connectivity index (χ2n) is 5.24.